The van der Waals surface area contributed by atoms with Crippen LogP contribution in [0.4, 0.5) is 0 Å². The van der Waals surface area contributed by atoms with Crippen LogP contribution in [0.1, 0.15) is 50.2 Å². The highest BCUT2D eigenvalue weighted by Gasteiger charge is 2.37. The van der Waals surface area contributed by atoms with Crippen molar-refractivity contribution in [2.24, 2.45) is 0 Å². The predicted molar refractivity (Wildman–Crippen MR) is 74.5 cm³/mol. The number of rotatable bonds is 6. The van der Waals surface area contributed by atoms with Crippen molar-refractivity contribution >= 4 is 17.7 Å². The zero-order valence-electron chi connectivity index (χ0n) is 11.6. The first-order valence-corrected chi connectivity index (χ1v) is 7.99. The number of carbonyl (C=O) groups is 1. The molecular formula is C13H20N2O4S. The van der Waals surface area contributed by atoms with E-state index < -0.39 is 11.6 Å². The van der Waals surface area contributed by atoms with Gasteiger partial charge in [0.05, 0.1) is 11.5 Å². The summed E-state index contributed by atoms with van der Waals surface area (Å²) in [5, 5.41) is 12.7. The summed E-state index contributed by atoms with van der Waals surface area (Å²) in [6.07, 6.45) is 6.45. The largest absolute Gasteiger partial charge is 0.481 e. The van der Waals surface area contributed by atoms with Crippen molar-refractivity contribution in [3.63, 3.8) is 0 Å². The Labute approximate surface area is 122 Å². The van der Waals surface area contributed by atoms with Gasteiger partial charge in [-0.15, -0.1) is 11.8 Å². The number of nitrogens with zero attached hydrogens (tertiary/aromatic N) is 2. The van der Waals surface area contributed by atoms with E-state index in [4.69, 9.17) is 14.4 Å². The Morgan fingerprint density at radius 3 is 2.70 bits per heavy atom. The Morgan fingerprint density at radius 1 is 1.40 bits per heavy atom. The number of carboxylic acid groups (broad SMARTS) is 1. The first kappa shape index (κ1) is 15.3. The smallest absolute Gasteiger partial charge is 0.313 e. The van der Waals surface area contributed by atoms with Gasteiger partial charge in [0.15, 0.2) is 0 Å². The summed E-state index contributed by atoms with van der Waals surface area (Å²) in [4.78, 5) is 14.9. The van der Waals surface area contributed by atoms with E-state index in [0.717, 1.165) is 25.7 Å². The van der Waals surface area contributed by atoms with Crippen LogP contribution in [0.5, 0.6) is 0 Å². The monoisotopic (exact) mass is 300 g/mol. The summed E-state index contributed by atoms with van der Waals surface area (Å²) in [6.45, 7) is 0. The van der Waals surface area contributed by atoms with Gasteiger partial charge >= 0.3 is 5.97 Å². The summed E-state index contributed by atoms with van der Waals surface area (Å²) in [7, 11) is 1.69. The van der Waals surface area contributed by atoms with Crippen LogP contribution >= 0.6 is 11.8 Å². The second-order valence-electron chi connectivity index (χ2n) is 5.01. The van der Waals surface area contributed by atoms with Crippen molar-refractivity contribution in [1.82, 2.24) is 10.1 Å². The number of hydrogen-bond acceptors (Lipinski definition) is 6. The van der Waals surface area contributed by atoms with Crippen LogP contribution < -0.4 is 0 Å². The molecule has 0 saturated heterocycles. The van der Waals surface area contributed by atoms with Gasteiger partial charge in [-0.1, -0.05) is 30.8 Å². The SMILES string of the molecule is COC1(c2noc(CSCC(=O)O)n2)CCCCCC1. The molecule has 0 bridgehead atoms. The molecule has 1 aromatic rings. The van der Waals surface area contributed by atoms with E-state index in [0.29, 0.717) is 17.5 Å². The molecule has 0 aliphatic heterocycles. The Morgan fingerprint density at radius 2 is 2.10 bits per heavy atom. The fourth-order valence-corrected chi connectivity index (χ4v) is 3.11. The number of hydrogen-bond donors (Lipinski definition) is 1. The number of aliphatic carboxylic acids is 1. The van der Waals surface area contributed by atoms with E-state index in [9.17, 15) is 4.79 Å². The Bertz CT molecular complexity index is 441. The Balaban J connectivity index is 2.03. The third-order valence-electron chi connectivity index (χ3n) is 3.63. The van der Waals surface area contributed by atoms with Gasteiger partial charge in [-0.3, -0.25) is 4.79 Å². The topological polar surface area (TPSA) is 85.5 Å². The number of carboxylic acids is 1. The fourth-order valence-electron chi connectivity index (χ4n) is 2.54. The number of aromatic nitrogens is 2. The molecule has 0 amide bonds. The van der Waals surface area contributed by atoms with Crippen LogP contribution in [0, 0.1) is 0 Å². The minimum absolute atomic E-state index is 0.0349. The zero-order chi connectivity index (χ0) is 14.4. The van der Waals surface area contributed by atoms with Gasteiger partial charge in [0, 0.05) is 7.11 Å². The van der Waals surface area contributed by atoms with Gasteiger partial charge < -0.3 is 14.4 Å². The maximum atomic E-state index is 10.5. The molecule has 1 saturated carbocycles. The predicted octanol–water partition coefficient (Wildman–Crippen LogP) is 2.58. The first-order chi connectivity index (χ1) is 9.66. The number of methoxy groups -OCH3 is 1. The molecule has 6 nitrogen and oxygen atoms in total. The summed E-state index contributed by atoms with van der Waals surface area (Å²) in [6, 6.07) is 0. The molecule has 2 rings (SSSR count). The molecule has 1 N–H and O–H groups in total. The lowest BCUT2D eigenvalue weighted by Gasteiger charge is -2.27. The molecule has 1 aromatic heterocycles. The minimum atomic E-state index is -0.841. The number of ether oxygens (including phenoxy) is 1. The number of thioether (sulfide) groups is 1. The molecule has 0 spiro atoms. The van der Waals surface area contributed by atoms with Crippen LogP contribution in [0.3, 0.4) is 0 Å². The molecule has 0 radical (unpaired) electrons. The molecule has 0 aromatic carbocycles. The molecular weight excluding hydrogens is 280 g/mol. The van der Waals surface area contributed by atoms with Crippen molar-refractivity contribution in [3.05, 3.63) is 11.7 Å². The molecule has 1 heterocycles. The van der Waals surface area contributed by atoms with Gasteiger partial charge in [0.25, 0.3) is 0 Å². The average molecular weight is 300 g/mol. The van der Waals surface area contributed by atoms with Gasteiger partial charge in [-0.25, -0.2) is 0 Å². The molecule has 7 heteroatoms. The van der Waals surface area contributed by atoms with Crippen LogP contribution in [0.15, 0.2) is 4.52 Å². The zero-order valence-corrected chi connectivity index (χ0v) is 12.4. The van der Waals surface area contributed by atoms with E-state index in [1.54, 1.807) is 7.11 Å². The highest BCUT2D eigenvalue weighted by atomic mass is 32.2. The van der Waals surface area contributed by atoms with Gasteiger partial charge in [0.1, 0.15) is 5.60 Å². The summed E-state index contributed by atoms with van der Waals surface area (Å²) in [5.74, 6) is 0.679. The lowest BCUT2D eigenvalue weighted by Crippen LogP contribution is -2.29. The maximum absolute atomic E-state index is 10.5. The molecule has 20 heavy (non-hydrogen) atoms. The minimum Gasteiger partial charge on any atom is -0.481 e. The molecule has 0 atom stereocenters. The molecule has 1 aliphatic rings. The summed E-state index contributed by atoms with van der Waals surface area (Å²) < 4.78 is 10.9. The van der Waals surface area contributed by atoms with Crippen molar-refractivity contribution < 1.29 is 19.2 Å². The Hall–Kier alpha value is -1.08. The lowest BCUT2D eigenvalue weighted by atomic mass is 9.93. The fraction of sp³-hybridized carbons (Fsp3) is 0.769. The van der Waals surface area contributed by atoms with Crippen molar-refractivity contribution in [1.29, 1.82) is 0 Å². The van der Waals surface area contributed by atoms with E-state index >= 15 is 0 Å². The van der Waals surface area contributed by atoms with E-state index in [1.807, 2.05) is 0 Å². The maximum Gasteiger partial charge on any atom is 0.313 e. The molecule has 1 aliphatic carbocycles. The van der Waals surface area contributed by atoms with Gasteiger partial charge in [-0.05, 0) is 12.8 Å². The molecule has 0 unspecified atom stereocenters. The normalized spacial score (nSPS) is 18.6. The van der Waals surface area contributed by atoms with Crippen LogP contribution in [0.25, 0.3) is 0 Å². The van der Waals surface area contributed by atoms with Crippen LogP contribution in [-0.2, 0) is 20.9 Å². The van der Waals surface area contributed by atoms with E-state index in [1.165, 1.54) is 24.6 Å². The second kappa shape index (κ2) is 7.08. The summed E-state index contributed by atoms with van der Waals surface area (Å²) >= 11 is 1.25. The first-order valence-electron chi connectivity index (χ1n) is 6.84. The van der Waals surface area contributed by atoms with Gasteiger partial charge in [-0.2, -0.15) is 4.98 Å². The van der Waals surface area contributed by atoms with Crippen molar-refractivity contribution in [2.45, 2.75) is 49.9 Å². The van der Waals surface area contributed by atoms with Crippen molar-refractivity contribution in [2.75, 3.05) is 12.9 Å². The quantitative estimate of drug-likeness (QED) is 0.808. The average Bonchev–Trinajstić information content (AvgIpc) is 2.76. The van der Waals surface area contributed by atoms with E-state index in [2.05, 4.69) is 10.1 Å². The third-order valence-corrected chi connectivity index (χ3v) is 4.53. The third kappa shape index (κ3) is 3.73. The summed E-state index contributed by atoms with van der Waals surface area (Å²) in [5.41, 5.74) is -0.435. The molecule has 1 fully saturated rings. The highest BCUT2D eigenvalue weighted by molar-refractivity contribution is 7.99. The lowest BCUT2D eigenvalue weighted by molar-refractivity contribution is -0.133. The molecule has 112 valence electrons. The van der Waals surface area contributed by atoms with Gasteiger partial charge in [0.2, 0.25) is 11.7 Å². The highest BCUT2D eigenvalue weighted by Crippen LogP contribution is 2.37. The van der Waals surface area contributed by atoms with E-state index in [-0.39, 0.29) is 5.75 Å². The van der Waals surface area contributed by atoms with Crippen molar-refractivity contribution in [3.8, 4) is 0 Å². The Kier molecular flexibility index (Phi) is 5.42. The van der Waals surface area contributed by atoms with Crippen LogP contribution in [0.2, 0.25) is 0 Å². The second-order valence-corrected chi connectivity index (χ2v) is 6.00. The standard InChI is InChI=1S/C13H20N2O4S/c1-18-13(6-4-2-3-5-7-13)12-14-10(19-15-12)8-20-9-11(16)17/h2-9H2,1H3,(H,16,17). The van der Waals surface area contributed by atoms with Crippen LogP contribution in [-0.4, -0.2) is 34.1 Å².